The highest BCUT2D eigenvalue weighted by Crippen LogP contribution is 2.29. The quantitative estimate of drug-likeness (QED) is 0.702. The number of methoxy groups -OCH3 is 1. The molecule has 1 aliphatic rings. The van der Waals surface area contributed by atoms with E-state index in [1.807, 2.05) is 0 Å². The van der Waals surface area contributed by atoms with Crippen molar-refractivity contribution in [3.05, 3.63) is 55.8 Å². The molecule has 0 unspecified atom stereocenters. The van der Waals surface area contributed by atoms with Crippen LogP contribution in [0.3, 0.4) is 0 Å². The molecule has 29 heavy (non-hydrogen) atoms. The fraction of sp³-hybridized carbons (Fsp3) is 0.421. The lowest BCUT2D eigenvalue weighted by molar-refractivity contribution is -0.147. The van der Waals surface area contributed by atoms with E-state index in [1.54, 1.807) is 0 Å². The number of aromatic amines is 1. The summed E-state index contributed by atoms with van der Waals surface area (Å²) >= 11 is 6.16. The topological polar surface area (TPSA) is 123 Å². The van der Waals surface area contributed by atoms with Crippen molar-refractivity contribution >= 4 is 23.5 Å². The zero-order valence-corrected chi connectivity index (χ0v) is 16.6. The number of carbonyl (C=O) groups is 2. The van der Waals surface area contributed by atoms with Crippen LogP contribution in [0.15, 0.2) is 34.0 Å². The molecule has 2 aromatic rings. The fourth-order valence-electron chi connectivity index (χ4n) is 3.55. The number of aromatic nitrogens is 3. The summed E-state index contributed by atoms with van der Waals surface area (Å²) in [4.78, 5) is 49.6. The maximum absolute atomic E-state index is 12.6. The number of ether oxygens (including phenoxy) is 1. The van der Waals surface area contributed by atoms with Gasteiger partial charge in [-0.25, -0.2) is 4.79 Å². The number of nitrogens with one attached hydrogen (secondary N) is 2. The smallest absolute Gasteiger partial charge is 0.349 e. The number of hydrogen-bond donors (Lipinski definition) is 2. The summed E-state index contributed by atoms with van der Waals surface area (Å²) in [5, 5.41) is 6.84. The van der Waals surface area contributed by atoms with Crippen molar-refractivity contribution in [1.29, 1.82) is 0 Å². The Morgan fingerprint density at radius 2 is 2.14 bits per heavy atom. The van der Waals surface area contributed by atoms with Gasteiger partial charge in [-0.3, -0.25) is 19.4 Å². The van der Waals surface area contributed by atoms with E-state index < -0.39 is 17.2 Å². The number of esters is 1. The minimum absolute atomic E-state index is 0.138. The molecule has 3 rings (SSSR count). The van der Waals surface area contributed by atoms with Gasteiger partial charge in [0.15, 0.2) is 0 Å². The first kappa shape index (κ1) is 20.8. The number of benzene rings is 1. The molecule has 0 saturated heterocycles. The molecule has 0 spiro atoms. The summed E-state index contributed by atoms with van der Waals surface area (Å²) in [6, 6.07) is 4.44. The van der Waals surface area contributed by atoms with Crippen LogP contribution in [-0.2, 0) is 9.53 Å². The second-order valence-corrected chi connectivity index (χ2v) is 7.38. The molecule has 1 amide bonds. The van der Waals surface area contributed by atoms with Crippen molar-refractivity contribution in [3.63, 3.8) is 0 Å². The number of nitrogens with zero attached hydrogens (tertiary/aromatic N) is 2. The van der Waals surface area contributed by atoms with E-state index in [4.69, 9.17) is 16.3 Å². The minimum atomic E-state index is -0.720. The summed E-state index contributed by atoms with van der Waals surface area (Å²) in [5.41, 5.74) is -0.855. The summed E-state index contributed by atoms with van der Waals surface area (Å²) in [5.74, 6) is -0.576. The Balaban J connectivity index is 1.71. The predicted molar refractivity (Wildman–Crippen MR) is 105 cm³/mol. The lowest BCUT2D eigenvalue weighted by atomic mass is 9.81. The molecule has 9 nitrogen and oxygen atoms in total. The molecule has 1 aromatic heterocycles. The lowest BCUT2D eigenvalue weighted by Crippen LogP contribution is -2.34. The van der Waals surface area contributed by atoms with Gasteiger partial charge >= 0.3 is 11.7 Å². The molecule has 2 N–H and O–H groups in total. The highest BCUT2D eigenvalue weighted by Gasteiger charge is 2.28. The van der Waals surface area contributed by atoms with Crippen molar-refractivity contribution in [2.45, 2.75) is 25.7 Å². The zero-order valence-electron chi connectivity index (χ0n) is 15.8. The average Bonchev–Trinajstić information content (AvgIpc) is 2.72. The molecule has 1 fully saturated rings. The van der Waals surface area contributed by atoms with Crippen molar-refractivity contribution in [3.8, 4) is 5.69 Å². The Hall–Kier alpha value is -2.94. The van der Waals surface area contributed by atoms with E-state index in [0.717, 1.165) is 30.1 Å². The van der Waals surface area contributed by atoms with Gasteiger partial charge < -0.3 is 10.1 Å². The van der Waals surface area contributed by atoms with Crippen molar-refractivity contribution in [1.82, 2.24) is 20.1 Å². The summed E-state index contributed by atoms with van der Waals surface area (Å²) in [7, 11) is 1.38. The number of amides is 1. The Labute approximate surface area is 171 Å². The lowest BCUT2D eigenvalue weighted by Gasteiger charge is -2.27. The van der Waals surface area contributed by atoms with Crippen molar-refractivity contribution < 1.29 is 14.3 Å². The monoisotopic (exact) mass is 420 g/mol. The maximum atomic E-state index is 12.6. The van der Waals surface area contributed by atoms with E-state index >= 15 is 0 Å². The molecule has 10 heteroatoms. The van der Waals surface area contributed by atoms with E-state index in [-0.39, 0.29) is 28.4 Å². The van der Waals surface area contributed by atoms with Crippen LogP contribution in [0.4, 0.5) is 0 Å². The molecule has 154 valence electrons. The van der Waals surface area contributed by atoms with Crippen LogP contribution in [0.1, 0.15) is 36.0 Å². The summed E-state index contributed by atoms with van der Waals surface area (Å²) in [6.07, 6.45) is 4.25. The Morgan fingerprint density at radius 3 is 2.86 bits per heavy atom. The van der Waals surface area contributed by atoms with Crippen LogP contribution in [0, 0.1) is 11.8 Å². The standard InChI is InChI=1S/C19H21ClN4O5/c1-29-18(27)12-4-2-3-11(7-12)9-21-17(26)14-8-13(5-6-15(14)20)24-19(28)23-16(25)10-22-24/h5-6,8,10-12H,2-4,7,9H2,1H3,(H,21,26)(H,23,25,28)/t11-,12-/m0/s1. The van der Waals surface area contributed by atoms with Crippen molar-refractivity contribution in [2.75, 3.05) is 13.7 Å². The second-order valence-electron chi connectivity index (χ2n) is 6.98. The molecule has 2 atom stereocenters. The van der Waals surface area contributed by atoms with Gasteiger partial charge in [-0.2, -0.15) is 9.78 Å². The second kappa shape index (κ2) is 9.04. The molecule has 0 bridgehead atoms. The largest absolute Gasteiger partial charge is 0.469 e. The molecule has 1 saturated carbocycles. The number of hydrogen-bond acceptors (Lipinski definition) is 6. The van der Waals surface area contributed by atoms with Crippen LogP contribution < -0.4 is 16.6 Å². The van der Waals surface area contributed by atoms with Crippen molar-refractivity contribution in [2.24, 2.45) is 11.8 Å². The first-order valence-electron chi connectivity index (χ1n) is 9.23. The fourth-order valence-corrected chi connectivity index (χ4v) is 3.75. The Bertz CT molecular complexity index is 1030. The predicted octanol–water partition coefficient (Wildman–Crippen LogP) is 1.28. The van der Waals surface area contributed by atoms with Gasteiger partial charge in [0.05, 0.1) is 29.3 Å². The molecule has 0 radical (unpaired) electrons. The molecule has 1 heterocycles. The maximum Gasteiger partial charge on any atom is 0.349 e. The van der Waals surface area contributed by atoms with Gasteiger partial charge in [0.25, 0.3) is 11.5 Å². The highest BCUT2D eigenvalue weighted by molar-refractivity contribution is 6.33. The van der Waals surface area contributed by atoms with Gasteiger partial charge in [0.2, 0.25) is 0 Å². The molecule has 0 aliphatic heterocycles. The number of halogens is 1. The van der Waals surface area contributed by atoms with Crippen LogP contribution in [-0.4, -0.2) is 40.3 Å². The summed E-state index contributed by atoms with van der Waals surface area (Å²) < 4.78 is 5.79. The van der Waals surface area contributed by atoms with E-state index in [9.17, 15) is 19.2 Å². The average molecular weight is 421 g/mol. The van der Waals surface area contributed by atoms with Gasteiger partial charge in [-0.05, 0) is 43.4 Å². The van der Waals surface area contributed by atoms with Crippen LogP contribution >= 0.6 is 11.6 Å². The zero-order chi connectivity index (χ0) is 21.0. The third kappa shape index (κ3) is 4.92. The third-order valence-electron chi connectivity index (χ3n) is 5.02. The van der Waals surface area contributed by atoms with Crippen LogP contribution in [0.2, 0.25) is 5.02 Å². The Morgan fingerprint density at radius 1 is 1.34 bits per heavy atom. The van der Waals surface area contributed by atoms with Crippen LogP contribution in [0.25, 0.3) is 5.69 Å². The minimum Gasteiger partial charge on any atom is -0.469 e. The third-order valence-corrected chi connectivity index (χ3v) is 5.35. The number of carbonyl (C=O) groups excluding carboxylic acids is 2. The first-order chi connectivity index (χ1) is 13.9. The van der Waals surface area contributed by atoms with E-state index in [2.05, 4.69) is 15.4 Å². The van der Waals surface area contributed by atoms with Gasteiger partial charge in [0, 0.05) is 6.54 Å². The SMILES string of the molecule is COC(=O)[C@H]1CCC[C@H](CNC(=O)c2cc(-n3ncc(=O)[nH]c3=O)ccc2Cl)C1. The summed E-state index contributed by atoms with van der Waals surface area (Å²) in [6.45, 7) is 0.406. The number of rotatable bonds is 5. The normalized spacial score (nSPS) is 18.8. The van der Waals surface area contributed by atoms with Gasteiger partial charge in [-0.15, -0.1) is 0 Å². The van der Waals surface area contributed by atoms with E-state index in [1.165, 1.54) is 25.3 Å². The van der Waals surface area contributed by atoms with E-state index in [0.29, 0.717) is 18.7 Å². The van der Waals surface area contributed by atoms with Gasteiger partial charge in [-0.1, -0.05) is 18.0 Å². The Kier molecular flexibility index (Phi) is 6.48. The molecule has 1 aromatic carbocycles. The molecular formula is C19H21ClN4O5. The van der Waals surface area contributed by atoms with Crippen LogP contribution in [0.5, 0.6) is 0 Å². The number of H-pyrrole nitrogens is 1. The van der Waals surface area contributed by atoms with Gasteiger partial charge in [0.1, 0.15) is 6.20 Å². The highest BCUT2D eigenvalue weighted by atomic mass is 35.5. The molecular weight excluding hydrogens is 400 g/mol. The first-order valence-corrected chi connectivity index (χ1v) is 9.61. The molecule has 1 aliphatic carbocycles.